The van der Waals surface area contributed by atoms with Crippen molar-refractivity contribution in [3.63, 3.8) is 0 Å². The number of rotatable bonds is 10. The van der Waals surface area contributed by atoms with Crippen LogP contribution in [-0.4, -0.2) is 64.2 Å². The van der Waals surface area contributed by atoms with Crippen LogP contribution in [0.1, 0.15) is 37.7 Å². The number of primary amides is 1. The highest BCUT2D eigenvalue weighted by molar-refractivity contribution is 7.91. The molecule has 0 atom stereocenters. The molecule has 204 valence electrons. The number of likely N-dealkylation sites (tertiary alicyclic amines) is 1. The van der Waals surface area contributed by atoms with Gasteiger partial charge in [0.2, 0.25) is 17.8 Å². The van der Waals surface area contributed by atoms with Gasteiger partial charge in [0.05, 0.1) is 22.5 Å². The molecule has 2 aromatic carbocycles. The molecule has 4 N–H and O–H groups in total. The summed E-state index contributed by atoms with van der Waals surface area (Å²) in [6, 6.07) is 16.8. The van der Waals surface area contributed by atoms with Gasteiger partial charge in [0.15, 0.2) is 15.5 Å². The Morgan fingerprint density at radius 2 is 1.77 bits per heavy atom. The highest BCUT2D eigenvalue weighted by Crippen LogP contribution is 2.30. The number of nitrogens with two attached hydrogens (primary N) is 1. The highest BCUT2D eigenvalue weighted by atomic mass is 32.2. The van der Waals surface area contributed by atoms with Crippen LogP contribution in [0.5, 0.6) is 0 Å². The van der Waals surface area contributed by atoms with Crippen molar-refractivity contribution in [1.82, 2.24) is 24.5 Å². The average molecular weight is 549 g/mol. The molecule has 1 fully saturated rings. The van der Waals surface area contributed by atoms with E-state index in [-0.39, 0.29) is 16.6 Å². The predicted octanol–water partition coefficient (Wildman–Crippen LogP) is 3.46. The highest BCUT2D eigenvalue weighted by Gasteiger charge is 2.21. The Bertz CT molecular complexity index is 1560. The lowest BCUT2D eigenvalue weighted by Crippen LogP contribution is -2.35. The minimum atomic E-state index is -3.44. The van der Waals surface area contributed by atoms with Gasteiger partial charge >= 0.3 is 0 Å². The number of nitrogens with zero attached hydrogens (tertiary/aromatic N) is 5. The molecule has 5 rings (SSSR count). The minimum absolute atomic E-state index is 0.0101. The van der Waals surface area contributed by atoms with Gasteiger partial charge in [-0.2, -0.15) is 19.6 Å². The smallest absolute Gasteiger partial charge is 0.233 e. The average Bonchev–Trinajstić information content (AvgIpc) is 3.42. The van der Waals surface area contributed by atoms with Gasteiger partial charge in [0.1, 0.15) is 0 Å². The SMILES string of the molecule is CCS(=O)(=O)c1ccccc1Nc1nc(Nc2ccc(C3CCN(CCC(N)=O)CC3)cc2)nc2ccnn12. The summed E-state index contributed by atoms with van der Waals surface area (Å²) in [5, 5.41) is 10.7. The second kappa shape index (κ2) is 11.4. The molecular formula is C27H32N8O3S. The number of hydrogen-bond acceptors (Lipinski definition) is 9. The molecule has 4 aromatic rings. The van der Waals surface area contributed by atoms with Gasteiger partial charge in [0, 0.05) is 24.7 Å². The number of fused-ring (bicyclic) bond motifs is 1. The predicted molar refractivity (Wildman–Crippen MR) is 150 cm³/mol. The van der Waals surface area contributed by atoms with E-state index in [1.54, 1.807) is 43.5 Å². The van der Waals surface area contributed by atoms with Crippen molar-refractivity contribution in [2.75, 3.05) is 36.0 Å². The summed E-state index contributed by atoms with van der Waals surface area (Å²) in [7, 11) is -3.44. The van der Waals surface area contributed by atoms with Gasteiger partial charge in [0.25, 0.3) is 0 Å². The van der Waals surface area contributed by atoms with E-state index in [4.69, 9.17) is 5.73 Å². The van der Waals surface area contributed by atoms with Crippen molar-refractivity contribution in [2.24, 2.45) is 5.73 Å². The fraction of sp³-hybridized carbons (Fsp3) is 0.333. The van der Waals surface area contributed by atoms with Gasteiger partial charge in [-0.1, -0.05) is 31.2 Å². The molecule has 0 bridgehead atoms. The molecule has 1 saturated heterocycles. The van der Waals surface area contributed by atoms with Gasteiger partial charge in [-0.3, -0.25) is 4.79 Å². The van der Waals surface area contributed by atoms with Crippen molar-refractivity contribution >= 4 is 44.7 Å². The number of para-hydroxylation sites is 1. The molecule has 0 unspecified atom stereocenters. The van der Waals surface area contributed by atoms with Crippen LogP contribution in [0, 0.1) is 0 Å². The molecule has 1 amide bonds. The van der Waals surface area contributed by atoms with Gasteiger partial charge in [-0.15, -0.1) is 0 Å². The molecule has 3 heterocycles. The van der Waals surface area contributed by atoms with Crippen LogP contribution >= 0.6 is 0 Å². The van der Waals surface area contributed by atoms with Gasteiger partial charge in [-0.05, 0) is 61.7 Å². The summed E-state index contributed by atoms with van der Waals surface area (Å²) in [6.45, 7) is 4.25. The topological polar surface area (TPSA) is 148 Å². The lowest BCUT2D eigenvalue weighted by molar-refractivity contribution is -0.118. The maximum atomic E-state index is 12.6. The molecule has 0 aliphatic carbocycles. The Hall–Kier alpha value is -4.03. The summed E-state index contributed by atoms with van der Waals surface area (Å²) < 4.78 is 26.8. The first-order valence-electron chi connectivity index (χ1n) is 13.0. The number of carbonyl (C=O) groups is 1. The van der Waals surface area contributed by atoms with E-state index in [9.17, 15) is 13.2 Å². The van der Waals surface area contributed by atoms with Crippen molar-refractivity contribution in [3.8, 4) is 0 Å². The Kier molecular flexibility index (Phi) is 7.75. The van der Waals surface area contributed by atoms with Gasteiger partial charge < -0.3 is 21.3 Å². The van der Waals surface area contributed by atoms with E-state index in [2.05, 4.69) is 42.7 Å². The second-order valence-corrected chi connectivity index (χ2v) is 11.8. The number of nitrogens with one attached hydrogen (secondary N) is 2. The van der Waals surface area contributed by atoms with E-state index in [1.807, 2.05) is 12.1 Å². The van der Waals surface area contributed by atoms with E-state index in [1.165, 1.54) is 10.1 Å². The number of amides is 1. The van der Waals surface area contributed by atoms with Crippen LogP contribution in [0.3, 0.4) is 0 Å². The number of aromatic nitrogens is 4. The molecular weight excluding hydrogens is 516 g/mol. The number of piperidine rings is 1. The lowest BCUT2D eigenvalue weighted by atomic mass is 9.89. The van der Waals surface area contributed by atoms with E-state index in [0.29, 0.717) is 35.6 Å². The van der Waals surface area contributed by atoms with E-state index >= 15 is 0 Å². The number of carbonyl (C=O) groups excluding carboxylic acids is 1. The third-order valence-electron chi connectivity index (χ3n) is 7.00. The number of hydrogen-bond donors (Lipinski definition) is 3. The van der Waals surface area contributed by atoms with Crippen LogP contribution in [0.2, 0.25) is 0 Å². The monoisotopic (exact) mass is 548 g/mol. The Morgan fingerprint density at radius 1 is 1.03 bits per heavy atom. The van der Waals surface area contributed by atoms with Crippen molar-refractivity contribution in [2.45, 2.75) is 37.0 Å². The van der Waals surface area contributed by atoms with E-state index < -0.39 is 9.84 Å². The first kappa shape index (κ1) is 26.6. The fourth-order valence-corrected chi connectivity index (χ4v) is 5.86. The zero-order valence-electron chi connectivity index (χ0n) is 21.7. The zero-order chi connectivity index (χ0) is 27.4. The van der Waals surface area contributed by atoms with Crippen molar-refractivity contribution in [1.29, 1.82) is 0 Å². The third-order valence-corrected chi connectivity index (χ3v) is 8.79. The summed E-state index contributed by atoms with van der Waals surface area (Å²) in [5.41, 5.74) is 8.37. The second-order valence-electron chi connectivity index (χ2n) is 9.58. The maximum Gasteiger partial charge on any atom is 0.233 e. The molecule has 1 aliphatic rings. The van der Waals surface area contributed by atoms with Crippen LogP contribution in [0.4, 0.5) is 23.3 Å². The van der Waals surface area contributed by atoms with E-state index in [0.717, 1.165) is 38.2 Å². The van der Waals surface area contributed by atoms with Gasteiger partial charge in [-0.25, -0.2) is 8.42 Å². The van der Waals surface area contributed by atoms with Crippen molar-refractivity contribution < 1.29 is 13.2 Å². The summed E-state index contributed by atoms with van der Waals surface area (Å²) in [4.78, 5) is 22.7. The fourth-order valence-electron chi connectivity index (χ4n) is 4.81. The molecule has 2 aromatic heterocycles. The molecule has 11 nitrogen and oxygen atoms in total. The van der Waals surface area contributed by atoms with Crippen LogP contribution in [0.15, 0.2) is 65.7 Å². The Labute approximate surface area is 227 Å². The number of sulfone groups is 1. The first-order chi connectivity index (χ1) is 18.8. The lowest BCUT2D eigenvalue weighted by Gasteiger charge is -2.32. The standard InChI is InChI=1S/C27H32N8O3S/c1-2-39(37,38)23-6-4-3-5-22(23)31-27-33-26(32-25-11-15-29-35(25)27)30-21-9-7-19(8-10-21)20-12-16-34(17-13-20)18-14-24(28)36/h3-11,15,20H,2,12-14,16-18H2,1H3,(H2,28,36)(H2,30,31,32,33). The molecule has 12 heteroatoms. The largest absolute Gasteiger partial charge is 0.370 e. The molecule has 39 heavy (non-hydrogen) atoms. The first-order valence-corrected chi connectivity index (χ1v) is 14.7. The molecule has 0 spiro atoms. The normalized spacial score (nSPS) is 14.9. The van der Waals surface area contributed by atoms with Crippen molar-refractivity contribution in [3.05, 3.63) is 66.4 Å². The minimum Gasteiger partial charge on any atom is -0.370 e. The van der Waals surface area contributed by atoms with Crippen LogP contribution in [-0.2, 0) is 14.6 Å². The quantitative estimate of drug-likeness (QED) is 0.271. The Balaban J connectivity index is 1.31. The van der Waals surface area contributed by atoms with Crippen LogP contribution in [0.25, 0.3) is 5.65 Å². The molecule has 1 aliphatic heterocycles. The zero-order valence-corrected chi connectivity index (χ0v) is 22.6. The number of benzene rings is 2. The third kappa shape index (κ3) is 6.18. The Morgan fingerprint density at radius 3 is 2.49 bits per heavy atom. The summed E-state index contributed by atoms with van der Waals surface area (Å²) in [5.74, 6) is 0.902. The summed E-state index contributed by atoms with van der Waals surface area (Å²) >= 11 is 0. The number of anilines is 4. The van der Waals surface area contributed by atoms with Crippen LogP contribution < -0.4 is 16.4 Å². The summed E-state index contributed by atoms with van der Waals surface area (Å²) in [6.07, 6.45) is 4.09. The molecule has 0 radical (unpaired) electrons. The maximum absolute atomic E-state index is 12.6. The molecule has 0 saturated carbocycles.